The number of rotatable bonds is 5. The smallest absolute Gasteiger partial charge is 0.298 e. The van der Waals surface area contributed by atoms with E-state index in [-0.39, 0.29) is 5.56 Å². The highest BCUT2D eigenvalue weighted by Gasteiger charge is 2.14. The van der Waals surface area contributed by atoms with Crippen LogP contribution in [0.3, 0.4) is 0 Å². The lowest BCUT2D eigenvalue weighted by Crippen LogP contribution is -2.20. The molecule has 0 saturated carbocycles. The van der Waals surface area contributed by atoms with Crippen molar-refractivity contribution in [3.63, 3.8) is 0 Å². The number of nitrogens with one attached hydrogen (secondary N) is 1. The molecule has 0 amide bonds. The van der Waals surface area contributed by atoms with E-state index >= 15 is 0 Å². The molecule has 0 saturated heterocycles. The van der Waals surface area contributed by atoms with Gasteiger partial charge in [-0.1, -0.05) is 18.2 Å². The van der Waals surface area contributed by atoms with Crippen molar-refractivity contribution in [2.45, 2.75) is 6.92 Å². The van der Waals surface area contributed by atoms with Gasteiger partial charge in [0.2, 0.25) is 5.75 Å². The first-order valence-corrected chi connectivity index (χ1v) is 8.91. The molecule has 29 heavy (non-hydrogen) atoms. The molecule has 0 aliphatic heterocycles. The van der Waals surface area contributed by atoms with Crippen LogP contribution in [0, 0.1) is 6.92 Å². The predicted molar refractivity (Wildman–Crippen MR) is 112 cm³/mol. The number of benzene rings is 2. The van der Waals surface area contributed by atoms with Gasteiger partial charge in [0.05, 0.1) is 27.5 Å². The van der Waals surface area contributed by atoms with Gasteiger partial charge in [0.1, 0.15) is 16.9 Å². The zero-order valence-corrected chi connectivity index (χ0v) is 16.5. The molecule has 0 fully saturated rings. The Bertz CT molecular complexity index is 1280. The van der Waals surface area contributed by atoms with Crippen molar-refractivity contribution in [3.05, 3.63) is 58.1 Å². The molecule has 8 nitrogen and oxygen atoms in total. The first-order valence-electron chi connectivity index (χ1n) is 8.91. The molecule has 2 aromatic heterocycles. The SMILES string of the molecule is COc1cc(C=Nn2c(C)nc3c([nH]c4ccccc43)c2=O)cc(OC)c1OC. The van der Waals surface area contributed by atoms with Gasteiger partial charge < -0.3 is 19.2 Å². The predicted octanol–water partition coefficient (Wildman–Crippen LogP) is 3.09. The standard InChI is InChI=1S/C21H20N4O4/c1-12-23-18-14-7-5-6-8-15(14)24-19(18)21(26)25(12)22-11-13-9-16(27-2)20(29-4)17(10-13)28-3/h5-11,24H,1-4H3. The fraction of sp³-hybridized carbons (Fsp3) is 0.190. The second kappa shape index (κ2) is 7.31. The maximum atomic E-state index is 13.0. The average molecular weight is 392 g/mol. The lowest BCUT2D eigenvalue weighted by molar-refractivity contribution is 0.324. The van der Waals surface area contributed by atoms with Crippen LogP contribution in [0.15, 0.2) is 46.3 Å². The highest BCUT2D eigenvalue weighted by atomic mass is 16.5. The molecule has 0 unspecified atom stereocenters. The van der Waals surface area contributed by atoms with E-state index in [1.54, 1.807) is 39.5 Å². The summed E-state index contributed by atoms with van der Waals surface area (Å²) in [7, 11) is 4.62. The summed E-state index contributed by atoms with van der Waals surface area (Å²) in [5, 5.41) is 5.25. The van der Waals surface area contributed by atoms with E-state index in [9.17, 15) is 4.79 Å². The zero-order chi connectivity index (χ0) is 20.5. The fourth-order valence-corrected chi connectivity index (χ4v) is 3.30. The van der Waals surface area contributed by atoms with Crippen LogP contribution in [0.4, 0.5) is 0 Å². The Morgan fingerprint density at radius 3 is 2.41 bits per heavy atom. The van der Waals surface area contributed by atoms with Gasteiger partial charge in [0.25, 0.3) is 5.56 Å². The molecule has 0 bridgehead atoms. The van der Waals surface area contributed by atoms with Gasteiger partial charge in [-0.2, -0.15) is 9.78 Å². The normalized spacial score (nSPS) is 11.4. The molecule has 2 aromatic carbocycles. The molecule has 0 atom stereocenters. The van der Waals surface area contributed by atoms with Gasteiger partial charge in [-0.25, -0.2) is 4.98 Å². The summed E-state index contributed by atoms with van der Waals surface area (Å²) < 4.78 is 17.3. The lowest BCUT2D eigenvalue weighted by atomic mass is 10.2. The van der Waals surface area contributed by atoms with E-state index in [4.69, 9.17) is 14.2 Å². The van der Waals surface area contributed by atoms with Crippen LogP contribution in [0.5, 0.6) is 17.2 Å². The summed E-state index contributed by atoms with van der Waals surface area (Å²) in [6.45, 7) is 1.75. The summed E-state index contributed by atoms with van der Waals surface area (Å²) in [4.78, 5) is 20.7. The number of aryl methyl sites for hydroxylation is 1. The van der Waals surface area contributed by atoms with Crippen LogP contribution in [0.1, 0.15) is 11.4 Å². The van der Waals surface area contributed by atoms with Gasteiger partial charge in [0.15, 0.2) is 11.5 Å². The molecule has 2 heterocycles. The Labute approximate surface area is 166 Å². The number of H-pyrrole nitrogens is 1. The topological polar surface area (TPSA) is 90.7 Å². The van der Waals surface area contributed by atoms with Gasteiger partial charge in [-0.3, -0.25) is 4.79 Å². The van der Waals surface area contributed by atoms with Crippen molar-refractivity contribution in [2.75, 3.05) is 21.3 Å². The number of hydrogen-bond acceptors (Lipinski definition) is 6. The minimum absolute atomic E-state index is 0.271. The Balaban J connectivity index is 1.83. The van der Waals surface area contributed by atoms with Crippen molar-refractivity contribution >= 4 is 28.2 Å². The first-order chi connectivity index (χ1) is 14.1. The Morgan fingerprint density at radius 1 is 1.07 bits per heavy atom. The van der Waals surface area contributed by atoms with Gasteiger partial charge in [-0.15, -0.1) is 0 Å². The van der Waals surface area contributed by atoms with E-state index in [2.05, 4.69) is 15.1 Å². The second-order valence-electron chi connectivity index (χ2n) is 6.37. The minimum Gasteiger partial charge on any atom is -0.493 e. The Kier molecular flexibility index (Phi) is 4.67. The third kappa shape index (κ3) is 3.08. The van der Waals surface area contributed by atoms with Crippen molar-refractivity contribution in [3.8, 4) is 17.2 Å². The van der Waals surface area contributed by atoms with Crippen molar-refractivity contribution in [2.24, 2.45) is 5.10 Å². The molecular weight excluding hydrogens is 372 g/mol. The first kappa shape index (κ1) is 18.5. The molecular formula is C21H20N4O4. The number of aromatic amines is 1. The van der Waals surface area contributed by atoms with Crippen LogP contribution >= 0.6 is 0 Å². The molecule has 4 rings (SSSR count). The monoisotopic (exact) mass is 392 g/mol. The van der Waals surface area contributed by atoms with E-state index < -0.39 is 0 Å². The molecule has 148 valence electrons. The van der Waals surface area contributed by atoms with Crippen LogP contribution in [-0.2, 0) is 0 Å². The molecule has 0 spiro atoms. The summed E-state index contributed by atoms with van der Waals surface area (Å²) in [6.07, 6.45) is 1.55. The van der Waals surface area contributed by atoms with Gasteiger partial charge in [0, 0.05) is 16.5 Å². The van der Waals surface area contributed by atoms with Crippen molar-refractivity contribution in [1.82, 2.24) is 14.6 Å². The van der Waals surface area contributed by atoms with E-state index in [0.29, 0.717) is 39.7 Å². The maximum Gasteiger partial charge on any atom is 0.298 e. The molecule has 8 heteroatoms. The van der Waals surface area contributed by atoms with E-state index in [0.717, 1.165) is 10.9 Å². The molecule has 0 aliphatic rings. The summed E-state index contributed by atoms with van der Waals surface area (Å²) in [5.41, 5.74) is 2.33. The Morgan fingerprint density at radius 2 is 1.76 bits per heavy atom. The summed E-state index contributed by atoms with van der Waals surface area (Å²) >= 11 is 0. The highest BCUT2D eigenvalue weighted by molar-refractivity contribution is 6.04. The number of ether oxygens (including phenoxy) is 3. The summed E-state index contributed by atoms with van der Waals surface area (Å²) in [5.74, 6) is 1.97. The van der Waals surface area contributed by atoms with Crippen molar-refractivity contribution in [1.29, 1.82) is 0 Å². The van der Waals surface area contributed by atoms with Crippen molar-refractivity contribution < 1.29 is 14.2 Å². The number of nitrogens with zero attached hydrogens (tertiary/aromatic N) is 3. The molecule has 0 radical (unpaired) electrons. The number of hydrogen-bond donors (Lipinski definition) is 1. The Hall–Kier alpha value is -3.81. The third-order valence-corrected chi connectivity index (χ3v) is 4.67. The fourth-order valence-electron chi connectivity index (χ4n) is 3.30. The minimum atomic E-state index is -0.271. The third-order valence-electron chi connectivity index (χ3n) is 4.67. The van der Waals surface area contributed by atoms with Gasteiger partial charge in [-0.05, 0) is 25.1 Å². The number of methoxy groups -OCH3 is 3. The number of para-hydroxylation sites is 1. The van der Waals surface area contributed by atoms with Crippen LogP contribution in [0.2, 0.25) is 0 Å². The van der Waals surface area contributed by atoms with E-state index in [1.807, 2.05) is 24.3 Å². The number of fused-ring (bicyclic) bond motifs is 3. The quantitative estimate of drug-likeness (QED) is 0.527. The molecule has 0 aliphatic carbocycles. The number of aromatic nitrogens is 3. The molecule has 4 aromatic rings. The highest BCUT2D eigenvalue weighted by Crippen LogP contribution is 2.37. The van der Waals surface area contributed by atoms with Gasteiger partial charge >= 0.3 is 0 Å². The van der Waals surface area contributed by atoms with Crippen LogP contribution < -0.4 is 19.8 Å². The molecule has 1 N–H and O–H groups in total. The largest absolute Gasteiger partial charge is 0.493 e. The average Bonchev–Trinajstić information content (AvgIpc) is 3.11. The van der Waals surface area contributed by atoms with Crippen LogP contribution in [0.25, 0.3) is 21.9 Å². The second-order valence-corrected chi connectivity index (χ2v) is 6.37. The van der Waals surface area contributed by atoms with Crippen LogP contribution in [-0.4, -0.2) is 42.2 Å². The summed E-state index contributed by atoms with van der Waals surface area (Å²) in [6, 6.07) is 11.2. The van der Waals surface area contributed by atoms with E-state index in [1.165, 1.54) is 11.8 Å². The zero-order valence-electron chi connectivity index (χ0n) is 16.5. The maximum absolute atomic E-state index is 13.0. The lowest BCUT2D eigenvalue weighted by Gasteiger charge is -2.12.